The number of carbonyl (C=O) groups excluding carboxylic acids is 1. The minimum absolute atomic E-state index is 0.221. The van der Waals surface area contributed by atoms with E-state index in [4.69, 9.17) is 11.6 Å². The first-order valence-corrected chi connectivity index (χ1v) is 6.30. The number of fused-ring (bicyclic) bond motifs is 1. The van der Waals surface area contributed by atoms with Gasteiger partial charge in [0.2, 0.25) is 5.91 Å². The number of rotatable bonds is 1. The quantitative estimate of drug-likeness (QED) is 0.762. The van der Waals surface area contributed by atoms with Crippen LogP contribution in [0.2, 0.25) is 5.02 Å². The Kier molecular flexibility index (Phi) is 2.42. The van der Waals surface area contributed by atoms with Crippen LogP contribution in [0.3, 0.4) is 0 Å². The van der Waals surface area contributed by atoms with Crippen LogP contribution < -0.4 is 0 Å². The smallest absolute Gasteiger partial charge is 0.224 e. The highest BCUT2D eigenvalue weighted by atomic mass is 35.5. The molecule has 0 radical (unpaired) electrons. The third kappa shape index (κ3) is 1.42. The lowest BCUT2D eigenvalue weighted by Crippen LogP contribution is -2.46. The van der Waals surface area contributed by atoms with Gasteiger partial charge in [0, 0.05) is 24.5 Å². The fraction of sp³-hybridized carbons (Fsp3) is 0.462. The summed E-state index contributed by atoms with van der Waals surface area (Å²) >= 11 is 5.93. The molecule has 2 fully saturated rings. The lowest BCUT2D eigenvalue weighted by Gasteiger charge is -2.37. The van der Waals surface area contributed by atoms with Crippen molar-refractivity contribution in [1.82, 2.24) is 9.80 Å². The molecule has 2 aliphatic heterocycles. The number of hydrogen-bond donors (Lipinski definition) is 0. The Labute approximate surface area is 106 Å². The molecule has 1 amide bonds. The first kappa shape index (κ1) is 11.1. The lowest BCUT2D eigenvalue weighted by atomic mass is 9.96. The van der Waals surface area contributed by atoms with Crippen LogP contribution in [0.15, 0.2) is 24.3 Å². The van der Waals surface area contributed by atoms with Crippen LogP contribution in [0.4, 0.5) is 0 Å². The summed E-state index contributed by atoms with van der Waals surface area (Å²) in [6.07, 6.45) is 1.52. The van der Waals surface area contributed by atoms with Crippen LogP contribution in [-0.2, 0) is 10.5 Å². The summed E-state index contributed by atoms with van der Waals surface area (Å²) in [5.41, 5.74) is 0.953. The Balaban J connectivity index is 2.09. The van der Waals surface area contributed by atoms with Gasteiger partial charge in [-0.15, -0.1) is 0 Å². The predicted molar refractivity (Wildman–Crippen MR) is 66.7 cm³/mol. The Bertz CT molecular complexity index is 459. The van der Waals surface area contributed by atoms with E-state index in [2.05, 4.69) is 11.9 Å². The largest absolute Gasteiger partial charge is 0.319 e. The fourth-order valence-corrected chi connectivity index (χ4v) is 3.26. The molecule has 0 N–H and O–H groups in total. The van der Waals surface area contributed by atoms with Gasteiger partial charge >= 0.3 is 0 Å². The van der Waals surface area contributed by atoms with Crippen molar-refractivity contribution in [3.63, 3.8) is 0 Å². The van der Waals surface area contributed by atoms with Crippen LogP contribution in [0.5, 0.6) is 0 Å². The van der Waals surface area contributed by atoms with Gasteiger partial charge in [-0.25, -0.2) is 0 Å². The van der Waals surface area contributed by atoms with E-state index in [-0.39, 0.29) is 11.6 Å². The number of halogens is 1. The summed E-state index contributed by atoms with van der Waals surface area (Å²) in [5, 5.41) is 0.738. The Morgan fingerprint density at radius 1 is 1.24 bits per heavy atom. The van der Waals surface area contributed by atoms with Crippen LogP contribution in [0.1, 0.15) is 18.4 Å². The van der Waals surface area contributed by atoms with Crippen molar-refractivity contribution < 1.29 is 4.79 Å². The third-order valence-electron chi connectivity index (χ3n) is 4.03. The van der Waals surface area contributed by atoms with Crippen molar-refractivity contribution in [3.8, 4) is 0 Å². The standard InChI is InChI=1S/C13H15ClN2O/c1-15-8-9-16-12(17)6-7-13(15,16)10-2-4-11(14)5-3-10/h2-5H,6-9H2,1H3. The summed E-state index contributed by atoms with van der Waals surface area (Å²) in [7, 11) is 2.09. The molecule has 4 heteroatoms. The zero-order valence-electron chi connectivity index (χ0n) is 9.82. The highest BCUT2D eigenvalue weighted by molar-refractivity contribution is 6.30. The number of nitrogens with zero attached hydrogens (tertiary/aromatic N) is 2. The molecule has 1 aromatic rings. The van der Waals surface area contributed by atoms with Gasteiger partial charge in [-0.05, 0) is 31.2 Å². The van der Waals surface area contributed by atoms with Gasteiger partial charge < -0.3 is 4.90 Å². The van der Waals surface area contributed by atoms with Gasteiger partial charge in [-0.3, -0.25) is 9.69 Å². The first-order valence-electron chi connectivity index (χ1n) is 5.92. The predicted octanol–water partition coefficient (Wildman–Crippen LogP) is 2.06. The van der Waals surface area contributed by atoms with Gasteiger partial charge in [-0.1, -0.05) is 23.7 Å². The molecule has 2 aliphatic rings. The van der Waals surface area contributed by atoms with E-state index in [1.165, 1.54) is 5.56 Å². The van der Waals surface area contributed by atoms with Crippen LogP contribution in [-0.4, -0.2) is 35.8 Å². The van der Waals surface area contributed by atoms with E-state index in [9.17, 15) is 4.79 Å². The third-order valence-corrected chi connectivity index (χ3v) is 4.28. The van der Waals surface area contributed by atoms with E-state index < -0.39 is 0 Å². The van der Waals surface area contributed by atoms with Crippen LogP contribution >= 0.6 is 11.6 Å². The first-order chi connectivity index (χ1) is 8.14. The maximum absolute atomic E-state index is 11.9. The molecule has 0 spiro atoms. The topological polar surface area (TPSA) is 23.6 Å². The molecule has 90 valence electrons. The van der Waals surface area contributed by atoms with Crippen molar-refractivity contribution >= 4 is 17.5 Å². The number of amides is 1. The molecule has 2 heterocycles. The summed E-state index contributed by atoms with van der Waals surface area (Å²) in [5.74, 6) is 0.268. The molecule has 0 aromatic heterocycles. The highest BCUT2D eigenvalue weighted by Crippen LogP contribution is 2.44. The molecular weight excluding hydrogens is 236 g/mol. The average Bonchev–Trinajstić information content (AvgIpc) is 2.82. The SMILES string of the molecule is CN1CCN2C(=O)CCC12c1ccc(Cl)cc1. The van der Waals surface area contributed by atoms with Gasteiger partial charge in [-0.2, -0.15) is 0 Å². The van der Waals surface area contributed by atoms with Gasteiger partial charge in [0.05, 0.1) is 0 Å². The second kappa shape index (κ2) is 3.72. The van der Waals surface area contributed by atoms with Gasteiger partial charge in [0.15, 0.2) is 0 Å². The molecule has 1 aromatic carbocycles. The Morgan fingerprint density at radius 3 is 2.65 bits per heavy atom. The molecule has 3 nitrogen and oxygen atoms in total. The molecular formula is C13H15ClN2O. The molecule has 0 saturated carbocycles. The molecule has 17 heavy (non-hydrogen) atoms. The zero-order chi connectivity index (χ0) is 12.0. The summed E-state index contributed by atoms with van der Waals surface area (Å²) < 4.78 is 0. The van der Waals surface area contributed by atoms with E-state index in [0.29, 0.717) is 6.42 Å². The minimum atomic E-state index is -0.221. The van der Waals surface area contributed by atoms with Crippen molar-refractivity contribution in [2.45, 2.75) is 18.5 Å². The monoisotopic (exact) mass is 250 g/mol. The van der Waals surface area contributed by atoms with E-state index in [0.717, 1.165) is 24.5 Å². The second-order valence-electron chi connectivity index (χ2n) is 4.79. The normalized spacial score (nSPS) is 28.8. The Hall–Kier alpha value is -1.06. The summed E-state index contributed by atoms with van der Waals surface area (Å²) in [4.78, 5) is 16.2. The lowest BCUT2D eigenvalue weighted by molar-refractivity contribution is -0.131. The maximum atomic E-state index is 11.9. The molecule has 0 bridgehead atoms. The van der Waals surface area contributed by atoms with Crippen LogP contribution in [0, 0.1) is 0 Å². The fourth-order valence-electron chi connectivity index (χ4n) is 3.14. The van der Waals surface area contributed by atoms with Gasteiger partial charge in [0.1, 0.15) is 5.66 Å². The number of benzene rings is 1. The number of carbonyl (C=O) groups is 1. The number of hydrogen-bond acceptors (Lipinski definition) is 2. The van der Waals surface area contributed by atoms with Crippen molar-refractivity contribution in [2.24, 2.45) is 0 Å². The molecule has 1 atom stereocenters. The van der Waals surface area contributed by atoms with Crippen molar-refractivity contribution in [2.75, 3.05) is 20.1 Å². The maximum Gasteiger partial charge on any atom is 0.224 e. The Morgan fingerprint density at radius 2 is 1.94 bits per heavy atom. The molecule has 0 aliphatic carbocycles. The van der Waals surface area contributed by atoms with E-state index >= 15 is 0 Å². The molecule has 3 rings (SSSR count). The van der Waals surface area contributed by atoms with Crippen LogP contribution in [0.25, 0.3) is 0 Å². The minimum Gasteiger partial charge on any atom is -0.319 e. The summed E-state index contributed by atoms with van der Waals surface area (Å²) in [6.45, 7) is 1.77. The van der Waals surface area contributed by atoms with Gasteiger partial charge in [0.25, 0.3) is 0 Å². The van der Waals surface area contributed by atoms with E-state index in [1.807, 2.05) is 29.2 Å². The van der Waals surface area contributed by atoms with Crippen molar-refractivity contribution in [1.29, 1.82) is 0 Å². The van der Waals surface area contributed by atoms with Crippen molar-refractivity contribution in [3.05, 3.63) is 34.9 Å². The number of likely N-dealkylation sites (N-methyl/N-ethyl adjacent to an activating group) is 1. The highest BCUT2D eigenvalue weighted by Gasteiger charge is 2.52. The van der Waals surface area contributed by atoms with E-state index in [1.54, 1.807) is 0 Å². The molecule has 1 unspecified atom stereocenters. The zero-order valence-corrected chi connectivity index (χ0v) is 10.6. The average molecular weight is 251 g/mol. The summed E-state index contributed by atoms with van der Waals surface area (Å²) in [6, 6.07) is 7.88. The molecule has 2 saturated heterocycles. The second-order valence-corrected chi connectivity index (χ2v) is 5.23.